The summed E-state index contributed by atoms with van der Waals surface area (Å²) < 4.78 is 2.13. The second-order valence-electron chi connectivity index (χ2n) is 22.8. The van der Waals surface area contributed by atoms with E-state index >= 15 is 0 Å². The predicted octanol–water partition coefficient (Wildman–Crippen LogP) is 18.5. The molecule has 2 aromatic heterocycles. The summed E-state index contributed by atoms with van der Waals surface area (Å²) in [5, 5.41) is 4.70. The van der Waals surface area contributed by atoms with Gasteiger partial charge in [-0.2, -0.15) is 0 Å². The molecule has 0 atom stereocenters. The molecule has 381 valence electrons. The molecule has 0 N–H and O–H groups in total. The summed E-state index contributed by atoms with van der Waals surface area (Å²) in [7, 11) is 0. The number of allylic oxidation sites excluding steroid dienone is 4. The Balaban J connectivity index is 0.000000169. The fourth-order valence-corrected chi connectivity index (χ4v) is 12.6. The van der Waals surface area contributed by atoms with Gasteiger partial charge in [-0.3, -0.25) is 0 Å². The van der Waals surface area contributed by atoms with Crippen LogP contribution in [-0.2, 0) is 40.7 Å². The maximum Gasteiger partial charge on any atom is 2.00 e. The quantitative estimate of drug-likeness (QED) is 0.156. The summed E-state index contributed by atoms with van der Waals surface area (Å²) in [6, 6.07) is 39.7. The van der Waals surface area contributed by atoms with Crippen molar-refractivity contribution in [3.05, 3.63) is 219 Å². The van der Waals surface area contributed by atoms with E-state index in [-0.39, 0.29) is 27.9 Å². The minimum Gasteiger partial charge on any atom is -0.656 e. The Morgan fingerprint density at radius 1 is 0.493 bits per heavy atom. The van der Waals surface area contributed by atoms with Crippen LogP contribution in [0.4, 0.5) is 0 Å². The third-order valence-corrected chi connectivity index (χ3v) is 16.7. The van der Waals surface area contributed by atoms with E-state index in [0.29, 0.717) is 0 Å². The normalized spacial score (nSPS) is 15.9. The van der Waals surface area contributed by atoms with Gasteiger partial charge in [-0.05, 0) is 175 Å². The van der Waals surface area contributed by atoms with Crippen LogP contribution in [0.15, 0.2) is 162 Å². The standard InChI is InChI=1S/2C34H32BrN2.Cu/c2*1-7-24-28-16-21-10-8-9-11-25(21)32(28)36-29(24)18-30-27-17-23(35)12-13-26(27)33(37-30)31-19(2)14-22(15-20(31)3)34(4,5)6;/h2*8-15,17-18H,7,16H2,1-6H3;/q2*-1;+2/b2*29-18-;. The minimum atomic E-state index is 0. The molecule has 0 saturated heterocycles. The van der Waals surface area contributed by atoms with Crippen molar-refractivity contribution < 1.29 is 17.1 Å². The summed E-state index contributed by atoms with van der Waals surface area (Å²) in [4.78, 5) is 20.9. The summed E-state index contributed by atoms with van der Waals surface area (Å²) in [6.07, 6.45) is 8.30. The van der Waals surface area contributed by atoms with E-state index in [4.69, 9.17) is 20.0 Å². The van der Waals surface area contributed by atoms with Crippen LogP contribution in [0.3, 0.4) is 0 Å². The van der Waals surface area contributed by atoms with E-state index in [2.05, 4.69) is 236 Å². The van der Waals surface area contributed by atoms with Gasteiger partial charge in [0, 0.05) is 32.9 Å². The molecule has 4 aliphatic rings. The average Bonchev–Trinajstić information content (AvgIpc) is 4.19. The number of nitrogens with zero attached hydrogens (tertiary/aromatic N) is 4. The van der Waals surface area contributed by atoms with E-state index in [1.165, 1.54) is 99.8 Å². The SMILES string of the molecule is CCC1=C2Cc3ccccc3C2=N/C1=C\c1[n-]c(-c2c(C)cc(C(C)(C)C)cc2C)c2ccc(Br)cc12.CCC1=C2Cc3ccccc3C2=N/C1=C\c1[n-]c(-c2c(C)cc(C(C)(C)C)cc2C)c2ccc(Br)cc12.[Cu+2]. The molecule has 0 amide bonds. The number of rotatable bonds is 6. The number of hydrogen-bond acceptors (Lipinski definition) is 2. The number of aliphatic imine (C=N–C) groups is 2. The van der Waals surface area contributed by atoms with Gasteiger partial charge in [-0.1, -0.05) is 184 Å². The van der Waals surface area contributed by atoms with Gasteiger partial charge in [0.15, 0.2) is 0 Å². The van der Waals surface area contributed by atoms with Crippen molar-refractivity contribution in [3.63, 3.8) is 0 Å². The maximum atomic E-state index is 5.30. The Morgan fingerprint density at radius 2 is 0.853 bits per heavy atom. The molecule has 0 bridgehead atoms. The number of aryl methyl sites for hydroxylation is 4. The molecule has 2 aliphatic heterocycles. The molecule has 1 radical (unpaired) electrons. The van der Waals surface area contributed by atoms with Gasteiger partial charge >= 0.3 is 17.1 Å². The van der Waals surface area contributed by atoms with Crippen molar-refractivity contribution in [1.29, 1.82) is 0 Å². The number of halogens is 2. The van der Waals surface area contributed by atoms with Crippen LogP contribution in [0.5, 0.6) is 0 Å². The Bertz CT molecular complexity index is 3580. The van der Waals surface area contributed by atoms with Gasteiger partial charge in [0.05, 0.1) is 22.8 Å². The van der Waals surface area contributed by atoms with Crippen LogP contribution in [0.2, 0.25) is 0 Å². The first kappa shape index (κ1) is 52.6. The zero-order chi connectivity index (χ0) is 52.1. The minimum absolute atomic E-state index is 0. The molecule has 2 aliphatic carbocycles. The number of hydrogen-bond donors (Lipinski definition) is 0. The first-order valence-electron chi connectivity index (χ1n) is 26.3. The fraction of sp³-hybridized carbons (Fsp3) is 0.265. The third-order valence-electron chi connectivity index (χ3n) is 15.7. The van der Waals surface area contributed by atoms with Crippen molar-refractivity contribution >= 4 is 77.0 Å². The largest absolute Gasteiger partial charge is 2.00 e. The first-order valence-corrected chi connectivity index (χ1v) is 27.9. The predicted molar refractivity (Wildman–Crippen MR) is 321 cm³/mol. The van der Waals surface area contributed by atoms with Gasteiger partial charge in [0.2, 0.25) is 0 Å². The third kappa shape index (κ3) is 9.41. The number of fused-ring (bicyclic) bond motifs is 8. The molecule has 12 rings (SSSR count). The second kappa shape index (κ2) is 20.0. The van der Waals surface area contributed by atoms with Gasteiger partial charge in [-0.15, -0.1) is 22.8 Å². The van der Waals surface area contributed by atoms with E-state index < -0.39 is 0 Å². The van der Waals surface area contributed by atoms with Crippen LogP contribution >= 0.6 is 31.9 Å². The number of benzene rings is 6. The maximum absolute atomic E-state index is 5.30. The van der Waals surface area contributed by atoms with Crippen molar-refractivity contribution in [2.24, 2.45) is 9.98 Å². The summed E-state index contributed by atoms with van der Waals surface area (Å²) >= 11 is 7.41. The van der Waals surface area contributed by atoms with Crippen molar-refractivity contribution in [2.75, 3.05) is 0 Å². The van der Waals surface area contributed by atoms with Crippen molar-refractivity contribution in [2.45, 2.75) is 120 Å². The molecular weight excluding hydrogens is 1100 g/mol. The van der Waals surface area contributed by atoms with Crippen LogP contribution < -0.4 is 9.97 Å². The molecule has 8 aromatic rings. The van der Waals surface area contributed by atoms with Crippen molar-refractivity contribution in [3.8, 4) is 22.5 Å². The zero-order valence-electron chi connectivity index (χ0n) is 45.2. The topological polar surface area (TPSA) is 52.9 Å². The van der Waals surface area contributed by atoms with E-state index in [0.717, 1.165) is 91.0 Å². The molecule has 7 heteroatoms. The van der Waals surface area contributed by atoms with Gasteiger partial charge in [0.25, 0.3) is 0 Å². The van der Waals surface area contributed by atoms with Crippen LogP contribution in [0.1, 0.15) is 135 Å². The summed E-state index contributed by atoms with van der Waals surface area (Å²) in [5.41, 5.74) is 29.8. The molecule has 6 aromatic carbocycles. The zero-order valence-corrected chi connectivity index (χ0v) is 49.3. The van der Waals surface area contributed by atoms with Crippen LogP contribution in [0, 0.1) is 27.7 Å². The Labute approximate surface area is 471 Å². The summed E-state index contributed by atoms with van der Waals surface area (Å²) in [6.45, 7) is 27.0. The molecule has 4 nitrogen and oxygen atoms in total. The van der Waals surface area contributed by atoms with E-state index in [9.17, 15) is 0 Å². The van der Waals surface area contributed by atoms with Gasteiger partial charge in [-0.25, -0.2) is 9.98 Å². The molecule has 0 saturated carbocycles. The smallest absolute Gasteiger partial charge is 0.656 e. The van der Waals surface area contributed by atoms with Crippen LogP contribution in [0.25, 0.3) is 56.2 Å². The van der Waals surface area contributed by atoms with Crippen molar-refractivity contribution in [1.82, 2.24) is 9.97 Å². The Kier molecular flexibility index (Phi) is 14.0. The van der Waals surface area contributed by atoms with Gasteiger partial charge < -0.3 is 9.97 Å². The molecule has 75 heavy (non-hydrogen) atoms. The molecular formula is C68H64Br2CuN4. The molecule has 0 fully saturated rings. The molecule has 4 heterocycles. The fourth-order valence-electron chi connectivity index (χ4n) is 11.9. The summed E-state index contributed by atoms with van der Waals surface area (Å²) in [5.74, 6) is 0. The van der Waals surface area contributed by atoms with E-state index in [1.54, 1.807) is 0 Å². The van der Waals surface area contributed by atoms with E-state index in [1.807, 2.05) is 0 Å². The monoisotopic (exact) mass is 1160 g/mol. The van der Waals surface area contributed by atoms with Crippen LogP contribution in [-0.4, -0.2) is 11.4 Å². The average molecular weight is 1160 g/mol. The Morgan fingerprint density at radius 3 is 1.20 bits per heavy atom. The van der Waals surface area contributed by atoms with Gasteiger partial charge in [0.1, 0.15) is 0 Å². The molecule has 0 spiro atoms. The Hall–Kier alpha value is -5.82. The first-order chi connectivity index (χ1) is 35.3. The second-order valence-corrected chi connectivity index (χ2v) is 24.6. The number of aromatic nitrogens is 2. The molecule has 0 unspecified atom stereocenters.